The van der Waals surface area contributed by atoms with Crippen LogP contribution in [0.3, 0.4) is 0 Å². The van der Waals surface area contributed by atoms with Gasteiger partial charge in [-0.05, 0) is 6.92 Å². The van der Waals surface area contributed by atoms with Gasteiger partial charge in [-0.15, -0.1) is 0 Å². The van der Waals surface area contributed by atoms with Crippen LogP contribution in [0.5, 0.6) is 0 Å². The zero-order chi connectivity index (χ0) is 75.3. The standard InChI is InChI=1S/C56H92N4O41/c1-14-31(74)37(80)38(81)50(90-14)95-41-25(12-65)94-49(30(60-18(5)69)45(41)97-52-40(83)47(35(78)24(11-64)93-52)101-56(54(87)88)7-20(71)28(58-16(3)67)44(99-56)33(76)22(73)9-62)89-13-26-36(79)42(29(48(84)91-26)59-17(4)68)96-51-39(82)46(34(77)23(10-63)92-51)100-55(53(85)86)6-19(70)27(57-15(2)66)43(98-55)32(75)21(72)8-61/h14,19-52,61-65,70-84H,6-13H2,1-5H3,(H,57,66)(H,58,67)(H,59,68)(H,60,69)(H,85,86)(H,87,88)/t14-,19-,20-,21+,22+,23+,24+,25+,26+,27+,28+,29+,30+,31+,32+,33+,34-,35-,36-,37+,38-,39+,40+,41+,42+,43+,44+,45+,46-,47-,48-,49+,50-,51-,52-,55-,56-/m0/s1. The summed E-state index contributed by atoms with van der Waals surface area (Å²) in [4.78, 5) is 77.1. The van der Waals surface area contributed by atoms with E-state index >= 15 is 0 Å². The Labute approximate surface area is 571 Å². The van der Waals surface area contributed by atoms with Crippen LogP contribution in [-0.4, -0.2) is 413 Å². The molecule has 7 fully saturated rings. The highest BCUT2D eigenvalue weighted by Gasteiger charge is 2.64. The van der Waals surface area contributed by atoms with Gasteiger partial charge in [0.25, 0.3) is 11.6 Å². The summed E-state index contributed by atoms with van der Waals surface area (Å²) in [5.74, 6) is -14.6. The van der Waals surface area contributed by atoms with Crippen molar-refractivity contribution in [2.45, 2.75) is 273 Å². The molecule has 0 aromatic heterocycles. The molecule has 7 saturated heterocycles. The smallest absolute Gasteiger partial charge is 0.364 e. The van der Waals surface area contributed by atoms with Gasteiger partial charge in [-0.1, -0.05) is 0 Å². The van der Waals surface area contributed by atoms with E-state index in [1.165, 1.54) is 6.92 Å². The number of carbonyl (C=O) groups is 6. The van der Waals surface area contributed by atoms with Crippen LogP contribution in [0, 0.1) is 0 Å². The molecule has 0 aliphatic carbocycles. The van der Waals surface area contributed by atoms with E-state index in [2.05, 4.69) is 21.3 Å². The lowest BCUT2D eigenvalue weighted by Crippen LogP contribution is -2.72. The Balaban J connectivity index is 1.22. The highest BCUT2D eigenvalue weighted by atomic mass is 16.8. The number of carboxylic acid groups (broad SMARTS) is 2. The summed E-state index contributed by atoms with van der Waals surface area (Å²) in [6, 6.07) is -7.42. The number of carbonyl (C=O) groups excluding carboxylic acids is 4. The summed E-state index contributed by atoms with van der Waals surface area (Å²) >= 11 is 0. The van der Waals surface area contributed by atoms with Gasteiger partial charge < -0.3 is 195 Å². The SMILES string of the molecule is CC(=O)N[C@@H]1[C@@H](O[C@@H]2O[C@H](CO)[C@H](O)[C@H](O[C@]3(C(=O)O)C[C@H](O)[C@@H](NC(C)=O)[C@H]([C@H](O)[C@H](O)CO)O3)[C@H]2O)[C@@H](O)[C@@H](CO[C@@H]2O[C@H](CO)[C@@H](O[C@@H]3O[C@@H](C)[C@@H](O)[C@@H](O)[C@@H]3O)[C@H](O[C@@H]3O[C@H](CO)[C@H](O)[C@H](O[C@]4(C(=O)O)C[C@H](O)[C@@H](NC(C)=O)[C@H]([C@H](O)[C@H](O)CO)O4)[C@H]3O)[C@H]2NC(C)=O)O[C@@H]1O. The summed E-state index contributed by atoms with van der Waals surface area (Å²) in [5.41, 5.74) is 0. The molecule has 45 heteroatoms. The Morgan fingerprint density at radius 2 is 0.802 bits per heavy atom. The van der Waals surface area contributed by atoms with Crippen molar-refractivity contribution in [3.63, 3.8) is 0 Å². The lowest BCUT2D eigenvalue weighted by atomic mass is 9.88. The maximum absolute atomic E-state index is 13.4. The lowest BCUT2D eigenvalue weighted by Gasteiger charge is -2.52. The monoisotopic (exact) mass is 1480 g/mol. The van der Waals surface area contributed by atoms with Gasteiger partial charge in [-0.2, -0.15) is 0 Å². The zero-order valence-electron chi connectivity index (χ0n) is 54.5. The second-order valence-corrected chi connectivity index (χ2v) is 25.4. The molecule has 7 aliphatic heterocycles. The largest absolute Gasteiger partial charge is 0.477 e. The van der Waals surface area contributed by atoms with E-state index in [9.17, 15) is 141 Å². The Hall–Kier alpha value is -4.50. The summed E-state index contributed by atoms with van der Waals surface area (Å²) in [6.07, 6.45) is -69.6. The number of aliphatic hydroxyl groups is 20. The van der Waals surface area contributed by atoms with Crippen molar-refractivity contribution in [1.82, 2.24) is 21.3 Å². The van der Waals surface area contributed by atoms with Crippen LogP contribution < -0.4 is 21.3 Å². The molecule has 37 atom stereocenters. The highest BCUT2D eigenvalue weighted by molar-refractivity contribution is 5.78. The van der Waals surface area contributed by atoms with E-state index in [1.54, 1.807) is 0 Å². The number of rotatable bonds is 28. The molecular weight excluding hydrogens is 1380 g/mol. The second-order valence-electron chi connectivity index (χ2n) is 25.4. The molecule has 45 nitrogen and oxygen atoms in total. The van der Waals surface area contributed by atoms with Gasteiger partial charge in [0, 0.05) is 40.5 Å². The molecule has 0 aromatic carbocycles. The van der Waals surface area contributed by atoms with Crippen LogP contribution >= 0.6 is 0 Å². The number of amides is 4. The van der Waals surface area contributed by atoms with Crippen LogP contribution in [0.4, 0.5) is 0 Å². The molecule has 7 heterocycles. The van der Waals surface area contributed by atoms with E-state index in [1.807, 2.05) is 0 Å². The fraction of sp³-hybridized carbons (Fsp3) is 0.893. The van der Waals surface area contributed by atoms with Crippen LogP contribution in [0.15, 0.2) is 0 Å². The van der Waals surface area contributed by atoms with Crippen molar-refractivity contribution in [1.29, 1.82) is 0 Å². The molecule has 0 spiro atoms. The van der Waals surface area contributed by atoms with E-state index in [-0.39, 0.29) is 0 Å². The first-order valence-electron chi connectivity index (χ1n) is 31.7. The number of hydrogen-bond donors (Lipinski definition) is 26. The van der Waals surface area contributed by atoms with Gasteiger partial charge in [0.15, 0.2) is 31.5 Å². The molecule has 0 aromatic rings. The number of ether oxygens (including phenoxy) is 13. The molecule has 7 aliphatic rings. The number of aliphatic carboxylic acids is 2. The van der Waals surface area contributed by atoms with E-state index in [4.69, 9.17) is 61.6 Å². The second kappa shape index (κ2) is 35.3. The average molecular weight is 1480 g/mol. The minimum atomic E-state index is -3.33. The predicted octanol–water partition coefficient (Wildman–Crippen LogP) is -16.3. The average Bonchev–Trinajstić information content (AvgIpc) is 0.761. The van der Waals surface area contributed by atoms with E-state index in [0.29, 0.717) is 0 Å². The van der Waals surface area contributed by atoms with Crippen molar-refractivity contribution in [2.75, 3.05) is 39.6 Å². The molecule has 0 bridgehead atoms. The molecule has 7 rings (SSSR count). The topological polar surface area (TPSA) is 716 Å². The minimum Gasteiger partial charge on any atom is -0.477 e. The van der Waals surface area contributed by atoms with Crippen LogP contribution in [-0.2, 0) is 90.3 Å². The van der Waals surface area contributed by atoms with Crippen molar-refractivity contribution in [3.8, 4) is 0 Å². The summed E-state index contributed by atoms with van der Waals surface area (Å²) in [7, 11) is 0. The van der Waals surface area contributed by atoms with Crippen molar-refractivity contribution >= 4 is 35.6 Å². The van der Waals surface area contributed by atoms with Crippen molar-refractivity contribution in [3.05, 3.63) is 0 Å². The van der Waals surface area contributed by atoms with Gasteiger partial charge in [-0.3, -0.25) is 19.2 Å². The third-order valence-corrected chi connectivity index (χ3v) is 18.0. The van der Waals surface area contributed by atoms with E-state index < -0.39 is 314 Å². The predicted molar refractivity (Wildman–Crippen MR) is 311 cm³/mol. The summed E-state index contributed by atoms with van der Waals surface area (Å²) < 4.78 is 76.3. The van der Waals surface area contributed by atoms with Crippen LogP contribution in [0.25, 0.3) is 0 Å². The normalized spacial score (nSPS) is 44.9. The Morgan fingerprint density at radius 1 is 0.426 bits per heavy atom. The third kappa shape index (κ3) is 18.5. The molecule has 0 radical (unpaired) electrons. The molecule has 0 saturated carbocycles. The van der Waals surface area contributed by atoms with Crippen molar-refractivity contribution < 1.29 is 203 Å². The minimum absolute atomic E-state index is 0.866. The first-order chi connectivity index (χ1) is 47.3. The number of hydrogen-bond acceptors (Lipinski definition) is 39. The quantitative estimate of drug-likeness (QED) is 0.0346. The number of carboxylic acids is 2. The molecule has 0 unspecified atom stereocenters. The highest BCUT2D eigenvalue weighted by Crippen LogP contribution is 2.42. The summed E-state index contributed by atoms with van der Waals surface area (Å²) in [6.45, 7) is -2.17. The molecule has 4 amide bonds. The first kappa shape index (κ1) is 83.8. The maximum Gasteiger partial charge on any atom is 0.364 e. The van der Waals surface area contributed by atoms with E-state index in [0.717, 1.165) is 27.7 Å². The third-order valence-electron chi connectivity index (χ3n) is 18.0. The number of nitrogens with one attached hydrogen (secondary N) is 4. The summed E-state index contributed by atoms with van der Waals surface area (Å²) in [5, 5.41) is 251. The van der Waals surface area contributed by atoms with Gasteiger partial charge >= 0.3 is 11.9 Å². The fourth-order valence-corrected chi connectivity index (χ4v) is 12.9. The Bertz CT molecular complexity index is 2760. The maximum atomic E-state index is 13.4. The Morgan fingerprint density at radius 3 is 1.21 bits per heavy atom. The fourth-order valence-electron chi connectivity index (χ4n) is 12.9. The van der Waals surface area contributed by atoms with Gasteiger partial charge in [0.05, 0.1) is 70.0 Å². The lowest BCUT2D eigenvalue weighted by molar-refractivity contribution is -0.392. The van der Waals surface area contributed by atoms with Crippen LogP contribution in [0.1, 0.15) is 47.5 Å². The van der Waals surface area contributed by atoms with Crippen molar-refractivity contribution in [2.24, 2.45) is 0 Å². The molecule has 26 N–H and O–H groups in total. The van der Waals surface area contributed by atoms with Gasteiger partial charge in [0.1, 0.15) is 152 Å². The zero-order valence-corrected chi connectivity index (χ0v) is 54.5. The molecular formula is C56H92N4O41. The molecule has 582 valence electrons. The van der Waals surface area contributed by atoms with Gasteiger partial charge in [-0.25, -0.2) is 9.59 Å². The van der Waals surface area contributed by atoms with Crippen LogP contribution in [0.2, 0.25) is 0 Å². The number of aliphatic hydroxyl groups excluding tert-OH is 20. The first-order valence-corrected chi connectivity index (χ1v) is 31.7. The van der Waals surface area contributed by atoms with Gasteiger partial charge in [0.2, 0.25) is 23.6 Å². The molecule has 101 heavy (non-hydrogen) atoms. The Kier molecular flexibility index (Phi) is 29.3.